The molecular weight excluding hydrogens is 392 g/mol. The second kappa shape index (κ2) is 10.9. The standard InChI is InChI=1S/C25H38N2O4/c1-4-30-21-13-12-19(18-22(21)31-5-2)15-17-27-23(28)14-16-25(27,3)24(29)26-20-10-8-6-7-9-11-20/h12-13,18,20H,4-11,14-17H2,1-3H3,(H,26,29). The molecule has 1 aliphatic heterocycles. The lowest BCUT2D eigenvalue weighted by atomic mass is 9.95. The van der Waals surface area contributed by atoms with E-state index < -0.39 is 5.54 Å². The van der Waals surface area contributed by atoms with Crippen molar-refractivity contribution >= 4 is 11.8 Å². The summed E-state index contributed by atoms with van der Waals surface area (Å²) in [5.74, 6) is 1.53. The second-order valence-electron chi connectivity index (χ2n) is 8.88. The number of amides is 2. The van der Waals surface area contributed by atoms with Crippen LogP contribution in [0.3, 0.4) is 0 Å². The Kier molecular flexibility index (Phi) is 8.22. The lowest BCUT2D eigenvalue weighted by Crippen LogP contribution is -2.56. The Morgan fingerprint density at radius 2 is 1.77 bits per heavy atom. The van der Waals surface area contributed by atoms with E-state index in [4.69, 9.17) is 9.47 Å². The van der Waals surface area contributed by atoms with E-state index in [1.807, 2.05) is 39.0 Å². The van der Waals surface area contributed by atoms with Gasteiger partial charge in [-0.25, -0.2) is 0 Å². The predicted molar refractivity (Wildman–Crippen MR) is 121 cm³/mol. The van der Waals surface area contributed by atoms with Crippen LogP contribution in [0.2, 0.25) is 0 Å². The first-order chi connectivity index (χ1) is 15.0. The Labute approximate surface area is 186 Å². The molecule has 1 saturated carbocycles. The first-order valence-corrected chi connectivity index (χ1v) is 12.0. The topological polar surface area (TPSA) is 67.9 Å². The summed E-state index contributed by atoms with van der Waals surface area (Å²) in [6, 6.07) is 6.16. The van der Waals surface area contributed by atoms with Crippen molar-refractivity contribution in [1.29, 1.82) is 0 Å². The van der Waals surface area contributed by atoms with Crippen molar-refractivity contribution in [3.63, 3.8) is 0 Å². The van der Waals surface area contributed by atoms with Crippen molar-refractivity contribution in [2.24, 2.45) is 0 Å². The van der Waals surface area contributed by atoms with Crippen molar-refractivity contribution in [1.82, 2.24) is 10.2 Å². The summed E-state index contributed by atoms with van der Waals surface area (Å²) in [5.41, 5.74) is 0.301. The van der Waals surface area contributed by atoms with Gasteiger partial charge in [0.25, 0.3) is 0 Å². The minimum atomic E-state index is -0.766. The van der Waals surface area contributed by atoms with Gasteiger partial charge in [-0.2, -0.15) is 0 Å². The van der Waals surface area contributed by atoms with E-state index in [2.05, 4.69) is 5.32 Å². The third-order valence-corrected chi connectivity index (χ3v) is 6.63. The molecule has 1 aromatic carbocycles. The van der Waals surface area contributed by atoms with Gasteiger partial charge in [0, 0.05) is 19.0 Å². The van der Waals surface area contributed by atoms with Gasteiger partial charge >= 0.3 is 0 Å². The second-order valence-corrected chi connectivity index (χ2v) is 8.88. The molecule has 1 unspecified atom stereocenters. The zero-order valence-electron chi connectivity index (χ0n) is 19.4. The average Bonchev–Trinajstić information content (AvgIpc) is 2.91. The molecule has 2 aliphatic rings. The van der Waals surface area contributed by atoms with Gasteiger partial charge in [0.1, 0.15) is 5.54 Å². The summed E-state index contributed by atoms with van der Waals surface area (Å²) in [6.45, 7) is 7.48. The lowest BCUT2D eigenvalue weighted by Gasteiger charge is -2.35. The van der Waals surface area contributed by atoms with Crippen LogP contribution in [0.4, 0.5) is 0 Å². The molecule has 1 N–H and O–H groups in total. The quantitative estimate of drug-likeness (QED) is 0.595. The van der Waals surface area contributed by atoms with Crippen LogP contribution in [-0.2, 0) is 16.0 Å². The molecule has 0 spiro atoms. The predicted octanol–water partition coefficient (Wildman–Crippen LogP) is 4.25. The Morgan fingerprint density at radius 3 is 2.45 bits per heavy atom. The first kappa shape index (κ1) is 23.4. The van der Waals surface area contributed by atoms with Crippen LogP contribution in [0, 0.1) is 0 Å². The highest BCUT2D eigenvalue weighted by Gasteiger charge is 2.47. The molecule has 2 fully saturated rings. The van der Waals surface area contributed by atoms with E-state index in [1.54, 1.807) is 4.90 Å². The molecular formula is C25H38N2O4. The van der Waals surface area contributed by atoms with Crippen molar-refractivity contribution < 1.29 is 19.1 Å². The Morgan fingerprint density at radius 1 is 1.10 bits per heavy atom. The van der Waals surface area contributed by atoms with Gasteiger partial charge in [-0.15, -0.1) is 0 Å². The molecule has 1 heterocycles. The highest BCUT2D eigenvalue weighted by molar-refractivity contribution is 5.94. The summed E-state index contributed by atoms with van der Waals surface area (Å²) >= 11 is 0. The Balaban J connectivity index is 1.67. The van der Waals surface area contributed by atoms with E-state index in [9.17, 15) is 9.59 Å². The molecule has 0 radical (unpaired) electrons. The number of nitrogens with zero attached hydrogens (tertiary/aromatic N) is 1. The maximum absolute atomic E-state index is 13.2. The molecule has 1 atom stereocenters. The van der Waals surface area contributed by atoms with E-state index in [1.165, 1.54) is 25.7 Å². The van der Waals surface area contributed by atoms with Crippen LogP contribution in [0.5, 0.6) is 11.5 Å². The summed E-state index contributed by atoms with van der Waals surface area (Å²) in [5, 5.41) is 3.27. The van der Waals surface area contributed by atoms with Gasteiger partial charge in [0.05, 0.1) is 13.2 Å². The van der Waals surface area contributed by atoms with Crippen LogP contribution in [-0.4, -0.2) is 48.1 Å². The summed E-state index contributed by atoms with van der Waals surface area (Å²) in [6.07, 6.45) is 8.61. The van der Waals surface area contributed by atoms with Gasteiger partial charge in [0.2, 0.25) is 11.8 Å². The molecule has 31 heavy (non-hydrogen) atoms. The molecule has 172 valence electrons. The third kappa shape index (κ3) is 5.72. The number of benzene rings is 1. The molecule has 6 heteroatoms. The largest absolute Gasteiger partial charge is 0.490 e. The van der Waals surface area contributed by atoms with Crippen molar-refractivity contribution in [2.75, 3.05) is 19.8 Å². The molecule has 1 aliphatic carbocycles. The fourth-order valence-corrected chi connectivity index (χ4v) is 4.76. The van der Waals surface area contributed by atoms with E-state index >= 15 is 0 Å². The number of rotatable bonds is 9. The molecule has 0 aromatic heterocycles. The highest BCUT2D eigenvalue weighted by atomic mass is 16.5. The minimum Gasteiger partial charge on any atom is -0.490 e. The Bertz CT molecular complexity index is 758. The zero-order chi connectivity index (χ0) is 22.3. The maximum atomic E-state index is 13.2. The number of ether oxygens (including phenoxy) is 2. The number of hydrogen-bond donors (Lipinski definition) is 1. The Hall–Kier alpha value is -2.24. The molecule has 1 aromatic rings. The number of carbonyl (C=O) groups excluding carboxylic acids is 2. The zero-order valence-corrected chi connectivity index (χ0v) is 19.4. The third-order valence-electron chi connectivity index (χ3n) is 6.63. The molecule has 2 amide bonds. The number of nitrogens with one attached hydrogen (secondary N) is 1. The summed E-state index contributed by atoms with van der Waals surface area (Å²) in [7, 11) is 0. The first-order valence-electron chi connectivity index (χ1n) is 12.0. The van der Waals surface area contributed by atoms with Crippen LogP contribution >= 0.6 is 0 Å². The normalized spacial score (nSPS) is 22.3. The highest BCUT2D eigenvalue weighted by Crippen LogP contribution is 2.33. The number of likely N-dealkylation sites (tertiary alicyclic amines) is 1. The van der Waals surface area contributed by atoms with Crippen LogP contribution in [0.1, 0.15) is 77.7 Å². The minimum absolute atomic E-state index is 0.00643. The van der Waals surface area contributed by atoms with Crippen LogP contribution in [0.15, 0.2) is 18.2 Å². The molecule has 3 rings (SSSR count). The van der Waals surface area contributed by atoms with Gasteiger partial charge in [-0.1, -0.05) is 31.7 Å². The van der Waals surface area contributed by atoms with E-state index in [-0.39, 0.29) is 17.9 Å². The van der Waals surface area contributed by atoms with Gasteiger partial charge in [-0.05, 0) is 64.2 Å². The van der Waals surface area contributed by atoms with E-state index in [0.717, 1.165) is 29.9 Å². The summed E-state index contributed by atoms with van der Waals surface area (Å²) < 4.78 is 11.4. The van der Waals surface area contributed by atoms with Crippen LogP contribution < -0.4 is 14.8 Å². The number of carbonyl (C=O) groups is 2. The number of hydrogen-bond acceptors (Lipinski definition) is 4. The van der Waals surface area contributed by atoms with Crippen molar-refractivity contribution in [2.45, 2.75) is 90.1 Å². The average molecular weight is 431 g/mol. The monoisotopic (exact) mass is 430 g/mol. The van der Waals surface area contributed by atoms with Crippen molar-refractivity contribution in [3.05, 3.63) is 23.8 Å². The SMILES string of the molecule is CCOc1ccc(CCN2C(=O)CCC2(C)C(=O)NC2CCCCCC2)cc1OCC. The molecule has 6 nitrogen and oxygen atoms in total. The lowest BCUT2D eigenvalue weighted by molar-refractivity contribution is -0.141. The maximum Gasteiger partial charge on any atom is 0.245 e. The summed E-state index contributed by atoms with van der Waals surface area (Å²) in [4.78, 5) is 27.7. The smallest absolute Gasteiger partial charge is 0.245 e. The van der Waals surface area contributed by atoms with Gasteiger partial charge < -0.3 is 19.7 Å². The fraction of sp³-hybridized carbons (Fsp3) is 0.680. The fourth-order valence-electron chi connectivity index (χ4n) is 4.76. The van der Waals surface area contributed by atoms with E-state index in [0.29, 0.717) is 39.0 Å². The molecule has 0 bridgehead atoms. The molecule has 1 saturated heterocycles. The van der Waals surface area contributed by atoms with Crippen LogP contribution in [0.25, 0.3) is 0 Å². The van der Waals surface area contributed by atoms with Gasteiger partial charge in [-0.3, -0.25) is 9.59 Å². The van der Waals surface area contributed by atoms with Crippen molar-refractivity contribution in [3.8, 4) is 11.5 Å². The van der Waals surface area contributed by atoms with Gasteiger partial charge in [0.15, 0.2) is 11.5 Å².